The highest BCUT2D eigenvalue weighted by Gasteiger charge is 2.64. The molecule has 2 fully saturated rings. The van der Waals surface area contributed by atoms with E-state index in [1.54, 1.807) is 0 Å². The number of fused-ring (bicyclic) bond motifs is 1. The Balaban J connectivity index is 2.54. The summed E-state index contributed by atoms with van der Waals surface area (Å²) in [5, 5.41) is 10.3. The third-order valence-electron chi connectivity index (χ3n) is 4.97. The molecule has 4 heteroatoms. The van der Waals surface area contributed by atoms with E-state index in [0.29, 0.717) is 12.8 Å². The minimum Gasteiger partial charge on any atom is -0.468 e. The Morgan fingerprint density at radius 3 is 2.67 bits per heavy atom. The predicted octanol–water partition coefficient (Wildman–Crippen LogP) is 1.70. The maximum atomic E-state index is 12.4. The van der Waals surface area contributed by atoms with Gasteiger partial charge in [0.15, 0.2) is 11.2 Å². The second-order valence-electron chi connectivity index (χ2n) is 6.27. The summed E-state index contributed by atoms with van der Waals surface area (Å²) in [6, 6.07) is 0. The lowest BCUT2D eigenvalue weighted by atomic mass is 9.49. The van der Waals surface area contributed by atoms with Gasteiger partial charge in [-0.2, -0.15) is 0 Å². The summed E-state index contributed by atoms with van der Waals surface area (Å²) in [6.45, 7) is 4.17. The van der Waals surface area contributed by atoms with E-state index in [-0.39, 0.29) is 17.1 Å². The molecule has 3 atom stereocenters. The summed E-state index contributed by atoms with van der Waals surface area (Å²) < 4.78 is 4.86. The molecule has 2 saturated carbocycles. The highest BCUT2D eigenvalue weighted by Crippen LogP contribution is 2.56. The standard InChI is InChI=1S/C14H22O4/c1-13(2)8-7-11(16)14(12(17)18-3)9(13)5-4-6-10(14)15/h9-10,15H,4-8H2,1-3H3/t9-,10?,14+/m1/s1. The first-order valence-electron chi connectivity index (χ1n) is 6.67. The molecule has 102 valence electrons. The van der Waals surface area contributed by atoms with E-state index in [1.165, 1.54) is 7.11 Å². The molecule has 0 aromatic rings. The van der Waals surface area contributed by atoms with Crippen molar-refractivity contribution >= 4 is 11.8 Å². The lowest BCUT2D eigenvalue weighted by Gasteiger charge is -2.53. The molecule has 0 radical (unpaired) electrons. The Labute approximate surface area is 108 Å². The van der Waals surface area contributed by atoms with Gasteiger partial charge in [-0.3, -0.25) is 9.59 Å². The number of ketones is 1. The molecule has 0 spiro atoms. The summed E-state index contributed by atoms with van der Waals surface area (Å²) in [6.07, 6.45) is 2.42. The van der Waals surface area contributed by atoms with E-state index in [0.717, 1.165) is 19.3 Å². The third-order valence-corrected chi connectivity index (χ3v) is 4.97. The highest BCUT2D eigenvalue weighted by molar-refractivity contribution is 6.05. The van der Waals surface area contributed by atoms with Crippen LogP contribution in [0.3, 0.4) is 0 Å². The zero-order chi connectivity index (χ0) is 13.6. The minimum atomic E-state index is -1.31. The number of rotatable bonds is 1. The molecule has 0 bridgehead atoms. The predicted molar refractivity (Wildman–Crippen MR) is 65.8 cm³/mol. The summed E-state index contributed by atoms with van der Waals surface area (Å²) in [5.74, 6) is -0.786. The van der Waals surface area contributed by atoms with E-state index >= 15 is 0 Å². The Morgan fingerprint density at radius 2 is 2.06 bits per heavy atom. The molecule has 0 amide bonds. The van der Waals surface area contributed by atoms with Crippen LogP contribution in [0.5, 0.6) is 0 Å². The monoisotopic (exact) mass is 254 g/mol. The molecule has 0 saturated heterocycles. The van der Waals surface area contributed by atoms with Crippen LogP contribution >= 0.6 is 0 Å². The van der Waals surface area contributed by atoms with E-state index in [1.807, 2.05) is 0 Å². The van der Waals surface area contributed by atoms with Crippen LogP contribution in [0.15, 0.2) is 0 Å². The number of Topliss-reactive ketones (excluding diaryl/α,β-unsaturated/α-hetero) is 1. The van der Waals surface area contributed by atoms with Gasteiger partial charge in [0.2, 0.25) is 0 Å². The van der Waals surface area contributed by atoms with Crippen molar-refractivity contribution in [3.05, 3.63) is 0 Å². The van der Waals surface area contributed by atoms with Gasteiger partial charge in [0, 0.05) is 6.42 Å². The third kappa shape index (κ3) is 1.62. The van der Waals surface area contributed by atoms with Gasteiger partial charge in [-0.15, -0.1) is 0 Å². The van der Waals surface area contributed by atoms with Crippen LogP contribution in [0.25, 0.3) is 0 Å². The first-order chi connectivity index (χ1) is 8.37. The molecule has 1 N–H and O–H groups in total. The number of hydrogen-bond donors (Lipinski definition) is 1. The summed E-state index contributed by atoms with van der Waals surface area (Å²) in [7, 11) is 1.30. The van der Waals surface area contributed by atoms with Crippen LogP contribution in [0.4, 0.5) is 0 Å². The van der Waals surface area contributed by atoms with Crippen LogP contribution < -0.4 is 0 Å². The summed E-state index contributed by atoms with van der Waals surface area (Å²) in [4.78, 5) is 24.6. The quantitative estimate of drug-likeness (QED) is 0.571. The van der Waals surface area contributed by atoms with Gasteiger partial charge in [-0.25, -0.2) is 0 Å². The van der Waals surface area contributed by atoms with Crippen molar-refractivity contribution < 1.29 is 19.4 Å². The van der Waals surface area contributed by atoms with Gasteiger partial charge < -0.3 is 9.84 Å². The molecular weight excluding hydrogens is 232 g/mol. The van der Waals surface area contributed by atoms with Crippen molar-refractivity contribution in [1.29, 1.82) is 0 Å². The lowest BCUT2D eigenvalue weighted by molar-refractivity contribution is -0.189. The Morgan fingerprint density at radius 1 is 1.39 bits per heavy atom. The first-order valence-corrected chi connectivity index (χ1v) is 6.67. The fourth-order valence-corrected chi connectivity index (χ4v) is 3.97. The zero-order valence-electron chi connectivity index (χ0n) is 11.4. The molecule has 0 aromatic carbocycles. The van der Waals surface area contributed by atoms with Gasteiger partial charge >= 0.3 is 5.97 Å². The second kappa shape index (κ2) is 4.34. The molecule has 0 aromatic heterocycles. The number of carbonyl (C=O) groups excluding carboxylic acids is 2. The van der Waals surface area contributed by atoms with Gasteiger partial charge in [0.1, 0.15) is 0 Å². The van der Waals surface area contributed by atoms with Gasteiger partial charge in [0.05, 0.1) is 13.2 Å². The molecule has 2 aliphatic carbocycles. The van der Waals surface area contributed by atoms with E-state index in [4.69, 9.17) is 4.74 Å². The van der Waals surface area contributed by atoms with Crippen LogP contribution in [0.2, 0.25) is 0 Å². The number of ether oxygens (including phenoxy) is 1. The molecule has 18 heavy (non-hydrogen) atoms. The molecular formula is C14H22O4. The Bertz CT molecular complexity index is 364. The largest absolute Gasteiger partial charge is 0.468 e. The molecule has 0 heterocycles. The number of aliphatic hydroxyl groups is 1. The van der Waals surface area contributed by atoms with Gasteiger partial charge in [-0.05, 0) is 30.6 Å². The summed E-state index contributed by atoms with van der Waals surface area (Å²) in [5.41, 5.74) is -1.42. The SMILES string of the molecule is COC(=O)[C@@]12C(=O)CCC(C)(C)[C@H]1CCCC2O. The number of carbonyl (C=O) groups is 2. The van der Waals surface area contributed by atoms with Crippen LogP contribution in [0.1, 0.15) is 46.0 Å². The van der Waals surface area contributed by atoms with Crippen molar-refractivity contribution in [3.8, 4) is 0 Å². The van der Waals surface area contributed by atoms with E-state index in [9.17, 15) is 14.7 Å². The van der Waals surface area contributed by atoms with E-state index in [2.05, 4.69) is 13.8 Å². The number of methoxy groups -OCH3 is 1. The topological polar surface area (TPSA) is 63.6 Å². The Hall–Kier alpha value is -0.900. The average Bonchev–Trinajstić information content (AvgIpc) is 2.33. The van der Waals surface area contributed by atoms with Crippen LogP contribution in [-0.4, -0.2) is 30.1 Å². The maximum absolute atomic E-state index is 12.4. The first kappa shape index (κ1) is 13.5. The molecule has 0 aliphatic heterocycles. The highest BCUT2D eigenvalue weighted by atomic mass is 16.5. The van der Waals surface area contributed by atoms with Crippen LogP contribution in [0, 0.1) is 16.7 Å². The zero-order valence-corrected chi connectivity index (χ0v) is 11.4. The fourth-order valence-electron chi connectivity index (χ4n) is 3.97. The molecule has 4 nitrogen and oxygen atoms in total. The van der Waals surface area contributed by atoms with Crippen LogP contribution in [-0.2, 0) is 14.3 Å². The fraction of sp³-hybridized carbons (Fsp3) is 0.857. The molecule has 1 unspecified atom stereocenters. The smallest absolute Gasteiger partial charge is 0.322 e. The van der Waals surface area contributed by atoms with E-state index < -0.39 is 17.5 Å². The normalized spacial score (nSPS) is 39.0. The van der Waals surface area contributed by atoms with Crippen molar-refractivity contribution in [2.75, 3.05) is 7.11 Å². The second-order valence-corrected chi connectivity index (χ2v) is 6.27. The van der Waals surface area contributed by atoms with Gasteiger partial charge in [-0.1, -0.05) is 20.3 Å². The van der Waals surface area contributed by atoms with Crippen molar-refractivity contribution in [1.82, 2.24) is 0 Å². The van der Waals surface area contributed by atoms with Gasteiger partial charge in [0.25, 0.3) is 0 Å². The van der Waals surface area contributed by atoms with Crippen molar-refractivity contribution in [3.63, 3.8) is 0 Å². The number of esters is 1. The Kier molecular flexibility index (Phi) is 3.26. The van der Waals surface area contributed by atoms with Crippen molar-refractivity contribution in [2.24, 2.45) is 16.7 Å². The minimum absolute atomic E-state index is 0.108. The molecule has 2 rings (SSSR count). The molecule has 2 aliphatic rings. The van der Waals surface area contributed by atoms with Crippen molar-refractivity contribution in [2.45, 2.75) is 52.1 Å². The number of aliphatic hydroxyl groups excluding tert-OH is 1. The summed E-state index contributed by atoms with van der Waals surface area (Å²) >= 11 is 0. The number of hydrogen-bond acceptors (Lipinski definition) is 4. The lowest BCUT2D eigenvalue weighted by Crippen LogP contribution is -2.62. The maximum Gasteiger partial charge on any atom is 0.322 e. The average molecular weight is 254 g/mol.